The van der Waals surface area contributed by atoms with E-state index in [4.69, 9.17) is 0 Å². The number of nitrogens with zero attached hydrogens (tertiary/aromatic N) is 1. The molecule has 5 nitrogen and oxygen atoms in total. The van der Waals surface area contributed by atoms with Gasteiger partial charge in [-0.25, -0.2) is 8.42 Å². The summed E-state index contributed by atoms with van der Waals surface area (Å²) in [6.07, 6.45) is 6.13. The van der Waals surface area contributed by atoms with Crippen LogP contribution >= 0.6 is 0 Å². The Morgan fingerprint density at radius 3 is 2.43 bits per heavy atom. The maximum absolute atomic E-state index is 11.5. The molecule has 0 aliphatic carbocycles. The molecule has 0 aromatic heterocycles. The molecule has 0 amide bonds. The van der Waals surface area contributed by atoms with Gasteiger partial charge in [0.25, 0.3) is 0 Å². The topological polar surface area (TPSA) is 70.6 Å². The van der Waals surface area contributed by atoms with E-state index < -0.39 is 9.84 Å². The van der Waals surface area contributed by atoms with E-state index in [1.54, 1.807) is 6.92 Å². The fraction of sp³-hybridized carbons (Fsp3) is 0.933. The van der Waals surface area contributed by atoms with Crippen LogP contribution in [0.15, 0.2) is 4.99 Å². The van der Waals surface area contributed by atoms with Gasteiger partial charge in [0.2, 0.25) is 0 Å². The van der Waals surface area contributed by atoms with E-state index in [-0.39, 0.29) is 11.5 Å². The number of hydrogen-bond acceptors (Lipinski definition) is 3. The first-order chi connectivity index (χ1) is 9.95. The van der Waals surface area contributed by atoms with Crippen molar-refractivity contribution in [2.75, 3.05) is 24.6 Å². The van der Waals surface area contributed by atoms with Gasteiger partial charge in [0.15, 0.2) is 15.8 Å². The average molecular weight is 320 g/mol. The van der Waals surface area contributed by atoms with Crippen LogP contribution in [0.1, 0.15) is 59.8 Å². The van der Waals surface area contributed by atoms with E-state index in [0.29, 0.717) is 18.5 Å². The van der Waals surface area contributed by atoms with Crippen molar-refractivity contribution in [3.05, 3.63) is 0 Å². The Balaban J connectivity index is 4.21. The summed E-state index contributed by atoms with van der Waals surface area (Å²) in [6, 6.07) is 0.349. The molecule has 0 aliphatic rings. The molecule has 0 aromatic carbocycles. The highest BCUT2D eigenvalue weighted by Gasteiger charge is 2.08. The van der Waals surface area contributed by atoms with Crippen LogP contribution in [-0.4, -0.2) is 45.0 Å². The number of rotatable bonds is 11. The Bertz CT molecular complexity index is 380. The first-order valence-electron chi connectivity index (χ1n) is 8.20. The molecule has 21 heavy (non-hydrogen) atoms. The Hall–Kier alpha value is -0.780. The minimum Gasteiger partial charge on any atom is -0.357 e. The lowest BCUT2D eigenvalue weighted by molar-refractivity contribution is 0.537. The van der Waals surface area contributed by atoms with Crippen molar-refractivity contribution < 1.29 is 8.42 Å². The molecule has 1 atom stereocenters. The normalized spacial score (nSPS) is 14.0. The van der Waals surface area contributed by atoms with Gasteiger partial charge in [-0.05, 0) is 20.3 Å². The lowest BCUT2D eigenvalue weighted by Gasteiger charge is -2.17. The zero-order valence-corrected chi connectivity index (χ0v) is 14.9. The number of sulfone groups is 1. The Morgan fingerprint density at radius 1 is 1.14 bits per heavy atom. The third-order valence-electron chi connectivity index (χ3n) is 3.33. The van der Waals surface area contributed by atoms with Gasteiger partial charge in [-0.15, -0.1) is 0 Å². The van der Waals surface area contributed by atoms with Gasteiger partial charge in [-0.1, -0.05) is 39.5 Å². The van der Waals surface area contributed by atoms with Crippen LogP contribution < -0.4 is 10.6 Å². The number of hydrogen-bond donors (Lipinski definition) is 2. The van der Waals surface area contributed by atoms with Crippen LogP contribution in [0.3, 0.4) is 0 Å². The van der Waals surface area contributed by atoms with Gasteiger partial charge in [0, 0.05) is 18.3 Å². The van der Waals surface area contributed by atoms with Crippen LogP contribution in [0, 0.1) is 0 Å². The third kappa shape index (κ3) is 11.5. The molecule has 0 saturated carbocycles. The number of guanidine groups is 1. The highest BCUT2D eigenvalue weighted by Crippen LogP contribution is 2.05. The number of unbranched alkanes of at least 4 members (excludes halogenated alkanes) is 3. The minimum absolute atomic E-state index is 0.116. The first-order valence-corrected chi connectivity index (χ1v) is 10.0. The molecular weight excluding hydrogens is 286 g/mol. The molecule has 0 aromatic rings. The van der Waals surface area contributed by atoms with Crippen molar-refractivity contribution in [3.63, 3.8) is 0 Å². The van der Waals surface area contributed by atoms with Crippen molar-refractivity contribution in [3.8, 4) is 0 Å². The largest absolute Gasteiger partial charge is 0.357 e. The van der Waals surface area contributed by atoms with Gasteiger partial charge in [0.05, 0.1) is 12.3 Å². The third-order valence-corrected chi connectivity index (χ3v) is 5.01. The summed E-state index contributed by atoms with van der Waals surface area (Å²) in [6.45, 7) is 9.11. The summed E-state index contributed by atoms with van der Waals surface area (Å²) in [4.78, 5) is 4.35. The summed E-state index contributed by atoms with van der Waals surface area (Å²) in [5, 5.41) is 6.51. The molecule has 0 spiro atoms. The second kappa shape index (κ2) is 11.8. The zero-order chi connectivity index (χ0) is 16.1. The molecule has 0 heterocycles. The second-order valence-electron chi connectivity index (χ2n) is 5.39. The summed E-state index contributed by atoms with van der Waals surface area (Å²) in [5.41, 5.74) is 0. The molecule has 1 unspecified atom stereocenters. The van der Waals surface area contributed by atoms with Gasteiger partial charge < -0.3 is 10.6 Å². The van der Waals surface area contributed by atoms with E-state index in [9.17, 15) is 8.42 Å². The van der Waals surface area contributed by atoms with Crippen LogP contribution in [0.5, 0.6) is 0 Å². The number of aliphatic imine (C=N–C) groups is 1. The maximum atomic E-state index is 11.5. The quantitative estimate of drug-likeness (QED) is 0.348. The van der Waals surface area contributed by atoms with Gasteiger partial charge >= 0.3 is 0 Å². The molecule has 0 radical (unpaired) electrons. The maximum Gasteiger partial charge on any atom is 0.191 e. The Morgan fingerprint density at radius 2 is 1.86 bits per heavy atom. The molecular formula is C15H33N3O2S. The highest BCUT2D eigenvalue weighted by atomic mass is 32.2. The van der Waals surface area contributed by atoms with Crippen molar-refractivity contribution in [1.29, 1.82) is 0 Å². The van der Waals surface area contributed by atoms with Gasteiger partial charge in [0.1, 0.15) is 0 Å². The summed E-state index contributed by atoms with van der Waals surface area (Å²) >= 11 is 0. The molecule has 0 bridgehead atoms. The van der Waals surface area contributed by atoms with Crippen LogP contribution in [0.4, 0.5) is 0 Å². The van der Waals surface area contributed by atoms with E-state index >= 15 is 0 Å². The lowest BCUT2D eigenvalue weighted by Crippen LogP contribution is -2.42. The highest BCUT2D eigenvalue weighted by molar-refractivity contribution is 7.91. The summed E-state index contributed by atoms with van der Waals surface area (Å²) < 4.78 is 22.9. The van der Waals surface area contributed by atoms with Crippen molar-refractivity contribution >= 4 is 15.8 Å². The molecule has 0 fully saturated rings. The second-order valence-corrected chi connectivity index (χ2v) is 7.86. The molecule has 6 heteroatoms. The lowest BCUT2D eigenvalue weighted by atomic mass is 10.1. The minimum atomic E-state index is -2.94. The predicted octanol–water partition coefficient (Wildman–Crippen LogP) is 2.34. The van der Waals surface area contributed by atoms with Crippen LogP contribution in [-0.2, 0) is 9.84 Å². The van der Waals surface area contributed by atoms with Crippen molar-refractivity contribution in [1.82, 2.24) is 10.6 Å². The van der Waals surface area contributed by atoms with E-state index in [1.807, 2.05) is 6.92 Å². The first kappa shape index (κ1) is 20.2. The zero-order valence-electron chi connectivity index (χ0n) is 14.1. The Kier molecular flexibility index (Phi) is 11.4. The summed E-state index contributed by atoms with van der Waals surface area (Å²) in [7, 11) is -2.94. The fourth-order valence-corrected chi connectivity index (χ4v) is 2.60. The van der Waals surface area contributed by atoms with Crippen molar-refractivity contribution in [2.45, 2.75) is 65.8 Å². The van der Waals surface area contributed by atoms with Crippen molar-refractivity contribution in [2.24, 2.45) is 4.99 Å². The monoisotopic (exact) mass is 319 g/mol. The van der Waals surface area contributed by atoms with E-state index in [0.717, 1.165) is 13.0 Å². The standard InChI is InChI=1S/C15H33N3O2S/c1-5-8-9-10-11-14(4)18-15(16-6-2)17-12-13-21(19,20)7-3/h14H,5-13H2,1-4H3,(H2,16,17,18). The fourth-order valence-electron chi connectivity index (χ4n) is 1.94. The SMILES string of the molecule is CCCCCCC(C)NC(=NCCS(=O)(=O)CC)NCC. The van der Waals surface area contributed by atoms with Crippen LogP contribution in [0.25, 0.3) is 0 Å². The van der Waals surface area contributed by atoms with E-state index in [1.165, 1.54) is 25.7 Å². The number of nitrogens with one attached hydrogen (secondary N) is 2. The van der Waals surface area contributed by atoms with Gasteiger partial charge in [-0.2, -0.15) is 0 Å². The average Bonchev–Trinajstić information content (AvgIpc) is 2.43. The van der Waals surface area contributed by atoms with Crippen LogP contribution in [0.2, 0.25) is 0 Å². The molecule has 2 N–H and O–H groups in total. The Labute approximate surface area is 130 Å². The summed E-state index contributed by atoms with van der Waals surface area (Å²) in [5.74, 6) is 1.01. The molecule has 0 saturated heterocycles. The smallest absolute Gasteiger partial charge is 0.191 e. The van der Waals surface area contributed by atoms with E-state index in [2.05, 4.69) is 29.5 Å². The molecule has 0 aliphatic heterocycles. The molecule has 126 valence electrons. The molecule has 0 rings (SSSR count). The predicted molar refractivity (Wildman–Crippen MR) is 91.7 cm³/mol. The van der Waals surface area contributed by atoms with Gasteiger partial charge in [-0.3, -0.25) is 4.99 Å².